The molecule has 0 amide bonds. The van der Waals surface area contributed by atoms with Gasteiger partial charge in [-0.05, 0) is 25.1 Å². The molecule has 0 bridgehead atoms. The lowest BCUT2D eigenvalue weighted by Crippen LogP contribution is -2.47. The van der Waals surface area contributed by atoms with E-state index in [1.807, 2.05) is 18.2 Å². The van der Waals surface area contributed by atoms with Crippen molar-refractivity contribution in [3.8, 4) is 0 Å². The van der Waals surface area contributed by atoms with E-state index in [4.69, 9.17) is 11.6 Å². The molecule has 1 saturated heterocycles. The van der Waals surface area contributed by atoms with Crippen molar-refractivity contribution >= 4 is 29.2 Å². The van der Waals surface area contributed by atoms with E-state index in [1.54, 1.807) is 12.4 Å². The van der Waals surface area contributed by atoms with Crippen molar-refractivity contribution in [1.29, 1.82) is 0 Å². The average Bonchev–Trinajstić information content (AvgIpc) is 2.56. The molecule has 0 unspecified atom stereocenters. The molecule has 1 aliphatic rings. The summed E-state index contributed by atoms with van der Waals surface area (Å²) in [6.07, 6.45) is 3.57. The lowest BCUT2D eigenvalue weighted by atomic mass is 10.3. The summed E-state index contributed by atoms with van der Waals surface area (Å²) in [5.74, 6) is 2.49. The van der Waals surface area contributed by atoms with Crippen molar-refractivity contribution in [3.63, 3.8) is 0 Å². The molecular weight excluding hydrogens is 300 g/mol. The number of anilines is 3. The number of nitrogens with zero attached hydrogens (tertiary/aromatic N) is 5. The van der Waals surface area contributed by atoms with Gasteiger partial charge in [0.05, 0.1) is 5.02 Å². The van der Waals surface area contributed by atoms with Crippen molar-refractivity contribution < 1.29 is 0 Å². The van der Waals surface area contributed by atoms with Gasteiger partial charge in [-0.1, -0.05) is 11.6 Å². The molecule has 7 heteroatoms. The Hall–Kier alpha value is -2.08. The van der Waals surface area contributed by atoms with E-state index in [1.165, 1.54) is 0 Å². The zero-order chi connectivity index (χ0) is 15.4. The van der Waals surface area contributed by atoms with Crippen LogP contribution < -0.4 is 15.1 Å². The van der Waals surface area contributed by atoms with Gasteiger partial charge in [0.1, 0.15) is 11.6 Å². The normalized spacial score (nSPS) is 15.0. The van der Waals surface area contributed by atoms with Crippen molar-refractivity contribution in [1.82, 2.24) is 15.0 Å². The minimum absolute atomic E-state index is 0.696. The van der Waals surface area contributed by atoms with Crippen LogP contribution in [0.3, 0.4) is 0 Å². The van der Waals surface area contributed by atoms with Gasteiger partial charge in [0.25, 0.3) is 0 Å². The van der Waals surface area contributed by atoms with Crippen molar-refractivity contribution in [2.24, 2.45) is 0 Å². The van der Waals surface area contributed by atoms with Gasteiger partial charge in [0.2, 0.25) is 5.95 Å². The summed E-state index contributed by atoms with van der Waals surface area (Å²) in [6, 6.07) is 5.61. The van der Waals surface area contributed by atoms with E-state index >= 15 is 0 Å². The van der Waals surface area contributed by atoms with Crippen LogP contribution in [-0.2, 0) is 0 Å². The first-order valence-corrected chi connectivity index (χ1v) is 7.83. The molecule has 0 aliphatic carbocycles. The van der Waals surface area contributed by atoms with E-state index in [2.05, 4.69) is 37.0 Å². The maximum absolute atomic E-state index is 6.22. The van der Waals surface area contributed by atoms with E-state index in [0.717, 1.165) is 50.3 Å². The average molecular weight is 319 g/mol. The molecule has 6 nitrogen and oxygen atoms in total. The van der Waals surface area contributed by atoms with Crippen LogP contribution in [-0.4, -0.2) is 47.7 Å². The minimum atomic E-state index is 0.696. The van der Waals surface area contributed by atoms with Crippen LogP contribution in [0.1, 0.15) is 6.92 Å². The third-order valence-corrected chi connectivity index (χ3v) is 3.90. The Labute approximate surface area is 135 Å². The molecule has 0 aromatic carbocycles. The number of piperazine rings is 1. The second-order valence-corrected chi connectivity index (χ2v) is 5.46. The van der Waals surface area contributed by atoms with Crippen LogP contribution in [0, 0.1) is 0 Å². The van der Waals surface area contributed by atoms with Gasteiger partial charge in [-0.25, -0.2) is 9.97 Å². The van der Waals surface area contributed by atoms with Gasteiger partial charge in [-0.15, -0.1) is 0 Å². The molecule has 3 heterocycles. The standard InChI is InChI=1S/C15H19ClN6/c1-2-17-13-5-7-19-15(20-13)22-10-8-21(9-11-22)14-12(16)4-3-6-18-14/h3-7H,2,8-11H2,1H3,(H,17,19,20). The Bertz CT molecular complexity index is 627. The molecule has 2 aromatic rings. The zero-order valence-electron chi connectivity index (χ0n) is 12.5. The highest BCUT2D eigenvalue weighted by molar-refractivity contribution is 6.32. The SMILES string of the molecule is CCNc1ccnc(N2CCN(c3ncccc3Cl)CC2)n1. The largest absolute Gasteiger partial charge is 0.370 e. The Morgan fingerprint density at radius 3 is 2.59 bits per heavy atom. The maximum Gasteiger partial charge on any atom is 0.227 e. The lowest BCUT2D eigenvalue weighted by molar-refractivity contribution is 0.635. The number of pyridine rings is 1. The summed E-state index contributed by atoms with van der Waals surface area (Å²) in [5, 5.41) is 3.91. The number of rotatable bonds is 4. The molecule has 0 radical (unpaired) electrons. The third kappa shape index (κ3) is 3.22. The van der Waals surface area contributed by atoms with Crippen molar-refractivity contribution in [2.45, 2.75) is 6.92 Å². The summed E-state index contributed by atoms with van der Waals surface area (Å²) in [6.45, 7) is 6.31. The second kappa shape index (κ2) is 6.79. The highest BCUT2D eigenvalue weighted by Gasteiger charge is 2.21. The predicted octanol–water partition coefficient (Wildman–Crippen LogP) is 2.28. The van der Waals surface area contributed by atoms with Crippen molar-refractivity contribution in [2.75, 3.05) is 47.8 Å². The number of hydrogen-bond donors (Lipinski definition) is 1. The number of aromatic nitrogens is 3. The highest BCUT2D eigenvalue weighted by Crippen LogP contribution is 2.24. The molecule has 1 fully saturated rings. The topological polar surface area (TPSA) is 57.2 Å². The fraction of sp³-hybridized carbons (Fsp3) is 0.400. The minimum Gasteiger partial charge on any atom is -0.370 e. The number of nitrogens with one attached hydrogen (secondary N) is 1. The quantitative estimate of drug-likeness (QED) is 0.933. The molecule has 116 valence electrons. The molecule has 2 aromatic heterocycles. The molecular formula is C15H19ClN6. The highest BCUT2D eigenvalue weighted by atomic mass is 35.5. The van der Waals surface area contributed by atoms with Crippen molar-refractivity contribution in [3.05, 3.63) is 35.6 Å². The van der Waals surface area contributed by atoms with Crippen LogP contribution in [0.4, 0.5) is 17.6 Å². The van der Waals surface area contributed by atoms with E-state index < -0.39 is 0 Å². The zero-order valence-corrected chi connectivity index (χ0v) is 13.3. The molecule has 0 saturated carbocycles. The first kappa shape index (κ1) is 14.8. The van der Waals surface area contributed by atoms with Crippen LogP contribution in [0.25, 0.3) is 0 Å². The van der Waals surface area contributed by atoms with Gasteiger partial charge in [-0.2, -0.15) is 4.98 Å². The van der Waals surface area contributed by atoms with Crippen LogP contribution in [0.5, 0.6) is 0 Å². The van der Waals surface area contributed by atoms with E-state index in [0.29, 0.717) is 5.02 Å². The van der Waals surface area contributed by atoms with E-state index in [-0.39, 0.29) is 0 Å². The fourth-order valence-corrected chi connectivity index (χ4v) is 2.75. The molecule has 0 spiro atoms. The molecule has 22 heavy (non-hydrogen) atoms. The summed E-state index contributed by atoms with van der Waals surface area (Å²) in [7, 11) is 0. The van der Waals surface area contributed by atoms with Gasteiger partial charge in [-0.3, -0.25) is 0 Å². The maximum atomic E-state index is 6.22. The Kier molecular flexibility index (Phi) is 4.58. The monoisotopic (exact) mass is 318 g/mol. The molecule has 0 atom stereocenters. The summed E-state index contributed by atoms with van der Waals surface area (Å²) >= 11 is 6.22. The van der Waals surface area contributed by atoms with E-state index in [9.17, 15) is 0 Å². The van der Waals surface area contributed by atoms with Crippen LogP contribution in [0.2, 0.25) is 5.02 Å². The molecule has 1 aliphatic heterocycles. The van der Waals surface area contributed by atoms with Gasteiger partial charge >= 0.3 is 0 Å². The lowest BCUT2D eigenvalue weighted by Gasteiger charge is -2.35. The molecule has 3 rings (SSSR count). The van der Waals surface area contributed by atoms with Gasteiger partial charge in [0, 0.05) is 45.1 Å². The summed E-state index contributed by atoms with van der Waals surface area (Å²) in [5.41, 5.74) is 0. The fourth-order valence-electron chi connectivity index (χ4n) is 2.51. The summed E-state index contributed by atoms with van der Waals surface area (Å²) < 4.78 is 0. The first-order valence-electron chi connectivity index (χ1n) is 7.45. The van der Waals surface area contributed by atoms with Gasteiger partial charge < -0.3 is 15.1 Å². The smallest absolute Gasteiger partial charge is 0.227 e. The molecule has 1 N–H and O–H groups in total. The van der Waals surface area contributed by atoms with Crippen LogP contribution >= 0.6 is 11.6 Å². The number of hydrogen-bond acceptors (Lipinski definition) is 6. The predicted molar refractivity (Wildman–Crippen MR) is 89.9 cm³/mol. The Morgan fingerprint density at radius 2 is 1.86 bits per heavy atom. The van der Waals surface area contributed by atoms with Gasteiger partial charge in [0.15, 0.2) is 0 Å². The Balaban J connectivity index is 1.67. The first-order chi connectivity index (χ1) is 10.8. The number of halogens is 1. The second-order valence-electron chi connectivity index (χ2n) is 5.06. The van der Waals surface area contributed by atoms with Crippen LogP contribution in [0.15, 0.2) is 30.6 Å². The Morgan fingerprint density at radius 1 is 1.09 bits per heavy atom. The summed E-state index contributed by atoms with van der Waals surface area (Å²) in [4.78, 5) is 17.7. The third-order valence-electron chi connectivity index (χ3n) is 3.60.